The van der Waals surface area contributed by atoms with E-state index in [1.807, 2.05) is 24.3 Å². The van der Waals surface area contributed by atoms with Gasteiger partial charge in [-0.25, -0.2) is 0 Å². The summed E-state index contributed by atoms with van der Waals surface area (Å²) in [6.07, 6.45) is 3.09. The second-order valence-corrected chi connectivity index (χ2v) is 6.70. The topological polar surface area (TPSA) is 46.3 Å². The number of nitrogens with two attached hydrogens (primary N) is 1. The van der Waals surface area contributed by atoms with Crippen molar-refractivity contribution in [2.24, 2.45) is 11.8 Å². The summed E-state index contributed by atoms with van der Waals surface area (Å²) >= 11 is 0. The summed E-state index contributed by atoms with van der Waals surface area (Å²) in [5, 5.41) is 0. The highest BCUT2D eigenvalue weighted by Gasteiger charge is 2.53. The summed E-state index contributed by atoms with van der Waals surface area (Å²) in [5.41, 5.74) is 7.41. The van der Waals surface area contributed by atoms with E-state index >= 15 is 0 Å². The van der Waals surface area contributed by atoms with Crippen LogP contribution in [0, 0.1) is 11.8 Å². The van der Waals surface area contributed by atoms with E-state index < -0.39 is 0 Å². The van der Waals surface area contributed by atoms with Crippen molar-refractivity contribution in [2.45, 2.75) is 38.5 Å². The molecule has 1 aliphatic heterocycles. The zero-order valence-electron chi connectivity index (χ0n) is 12.4. The lowest BCUT2D eigenvalue weighted by molar-refractivity contribution is -0.136. The normalized spacial score (nSPS) is 28.2. The van der Waals surface area contributed by atoms with E-state index in [0.29, 0.717) is 11.8 Å². The van der Waals surface area contributed by atoms with Crippen LogP contribution in [0.15, 0.2) is 24.3 Å². The number of hydrogen-bond donors (Lipinski definition) is 1. The number of benzene rings is 1. The first-order chi connectivity index (χ1) is 9.53. The highest BCUT2D eigenvalue weighted by atomic mass is 16.2. The van der Waals surface area contributed by atoms with Gasteiger partial charge in [0, 0.05) is 18.8 Å². The summed E-state index contributed by atoms with van der Waals surface area (Å²) in [5.74, 6) is 1.67. The van der Waals surface area contributed by atoms with Crippen molar-refractivity contribution < 1.29 is 4.79 Å². The lowest BCUT2D eigenvalue weighted by Crippen LogP contribution is -2.46. The van der Waals surface area contributed by atoms with Gasteiger partial charge in [-0.3, -0.25) is 4.79 Å². The SMILES string of the molecule is CC1CCN(C(=O)C2(c3ccc(N)cc3)CC2)CC1C. The van der Waals surface area contributed by atoms with Gasteiger partial charge in [0.2, 0.25) is 5.91 Å². The Morgan fingerprint density at radius 1 is 1.20 bits per heavy atom. The molecule has 108 valence electrons. The molecule has 0 bridgehead atoms. The van der Waals surface area contributed by atoms with Crippen molar-refractivity contribution in [2.75, 3.05) is 18.8 Å². The van der Waals surface area contributed by atoms with Gasteiger partial charge in [-0.2, -0.15) is 0 Å². The number of carbonyl (C=O) groups is 1. The van der Waals surface area contributed by atoms with Crippen LogP contribution in [0.3, 0.4) is 0 Å². The number of nitrogens with zero attached hydrogens (tertiary/aromatic N) is 1. The van der Waals surface area contributed by atoms with Crippen LogP contribution < -0.4 is 5.73 Å². The lowest BCUT2D eigenvalue weighted by atomic mass is 9.86. The molecule has 2 aliphatic rings. The molecule has 0 spiro atoms. The third kappa shape index (κ3) is 2.19. The summed E-state index contributed by atoms with van der Waals surface area (Å²) in [6, 6.07) is 7.86. The molecule has 0 aromatic heterocycles. The maximum Gasteiger partial charge on any atom is 0.233 e. The molecule has 20 heavy (non-hydrogen) atoms. The molecule has 2 fully saturated rings. The van der Waals surface area contributed by atoms with Gasteiger partial charge in [0.25, 0.3) is 0 Å². The quantitative estimate of drug-likeness (QED) is 0.841. The molecule has 3 rings (SSSR count). The molecule has 3 nitrogen and oxygen atoms in total. The molecule has 1 saturated heterocycles. The molecule has 1 aromatic carbocycles. The van der Waals surface area contributed by atoms with Crippen LogP contribution >= 0.6 is 0 Å². The van der Waals surface area contributed by atoms with E-state index in [9.17, 15) is 4.79 Å². The molecular weight excluding hydrogens is 248 g/mol. The highest BCUT2D eigenvalue weighted by Crippen LogP contribution is 2.50. The second kappa shape index (κ2) is 4.80. The van der Waals surface area contributed by atoms with Crippen LogP contribution in [0.1, 0.15) is 38.7 Å². The van der Waals surface area contributed by atoms with E-state index in [-0.39, 0.29) is 5.41 Å². The van der Waals surface area contributed by atoms with Gasteiger partial charge in [0.1, 0.15) is 0 Å². The van der Waals surface area contributed by atoms with E-state index in [1.165, 1.54) is 0 Å². The van der Waals surface area contributed by atoms with E-state index in [4.69, 9.17) is 5.73 Å². The van der Waals surface area contributed by atoms with Crippen LogP contribution in [-0.4, -0.2) is 23.9 Å². The number of piperidine rings is 1. The van der Waals surface area contributed by atoms with Crippen molar-refractivity contribution in [3.05, 3.63) is 29.8 Å². The molecule has 1 saturated carbocycles. The molecule has 2 atom stereocenters. The van der Waals surface area contributed by atoms with Crippen LogP contribution in [-0.2, 0) is 10.2 Å². The third-order valence-corrected chi connectivity index (χ3v) is 5.24. The number of carbonyl (C=O) groups excluding carboxylic acids is 1. The van der Waals surface area contributed by atoms with Gasteiger partial charge >= 0.3 is 0 Å². The minimum Gasteiger partial charge on any atom is -0.399 e. The Kier molecular flexibility index (Phi) is 3.23. The largest absolute Gasteiger partial charge is 0.399 e. The summed E-state index contributed by atoms with van der Waals surface area (Å²) in [4.78, 5) is 15.0. The lowest BCUT2D eigenvalue weighted by Gasteiger charge is -2.37. The monoisotopic (exact) mass is 272 g/mol. The van der Waals surface area contributed by atoms with E-state index in [0.717, 1.165) is 49.5 Å². The van der Waals surface area contributed by atoms with Gasteiger partial charge in [-0.15, -0.1) is 0 Å². The third-order valence-electron chi connectivity index (χ3n) is 5.24. The Balaban J connectivity index is 1.78. The smallest absolute Gasteiger partial charge is 0.233 e. The van der Waals surface area contributed by atoms with E-state index in [2.05, 4.69) is 18.7 Å². The van der Waals surface area contributed by atoms with Gasteiger partial charge in [0.15, 0.2) is 0 Å². The fourth-order valence-corrected chi connectivity index (χ4v) is 3.30. The molecule has 1 heterocycles. The Labute approximate surface area is 121 Å². The van der Waals surface area contributed by atoms with Gasteiger partial charge < -0.3 is 10.6 Å². The molecule has 3 heteroatoms. The Hall–Kier alpha value is -1.51. The van der Waals surface area contributed by atoms with Crippen molar-refractivity contribution in [3.63, 3.8) is 0 Å². The molecule has 2 unspecified atom stereocenters. The fraction of sp³-hybridized carbons (Fsp3) is 0.588. The molecule has 2 N–H and O–H groups in total. The van der Waals surface area contributed by atoms with Crippen LogP contribution in [0.4, 0.5) is 5.69 Å². The number of hydrogen-bond acceptors (Lipinski definition) is 2. The molecular formula is C17H24N2O. The Morgan fingerprint density at radius 3 is 2.40 bits per heavy atom. The number of rotatable bonds is 2. The van der Waals surface area contributed by atoms with Gasteiger partial charge in [0.05, 0.1) is 5.41 Å². The average Bonchev–Trinajstić information content (AvgIpc) is 3.23. The van der Waals surface area contributed by atoms with Crippen molar-refractivity contribution >= 4 is 11.6 Å². The predicted molar refractivity (Wildman–Crippen MR) is 81.3 cm³/mol. The Morgan fingerprint density at radius 2 is 1.85 bits per heavy atom. The predicted octanol–water partition coefficient (Wildman–Crippen LogP) is 2.80. The van der Waals surface area contributed by atoms with Crippen molar-refractivity contribution in [1.29, 1.82) is 0 Å². The number of amides is 1. The van der Waals surface area contributed by atoms with Crippen LogP contribution in [0.25, 0.3) is 0 Å². The molecule has 1 aliphatic carbocycles. The number of anilines is 1. The highest BCUT2D eigenvalue weighted by molar-refractivity contribution is 5.91. The van der Waals surface area contributed by atoms with Crippen molar-refractivity contribution in [1.82, 2.24) is 4.90 Å². The minimum absolute atomic E-state index is 0.242. The molecule has 1 aromatic rings. The van der Waals surface area contributed by atoms with Crippen LogP contribution in [0.5, 0.6) is 0 Å². The van der Waals surface area contributed by atoms with Crippen molar-refractivity contribution in [3.8, 4) is 0 Å². The second-order valence-electron chi connectivity index (χ2n) is 6.70. The zero-order chi connectivity index (χ0) is 14.3. The summed E-state index contributed by atoms with van der Waals surface area (Å²) in [6.45, 7) is 6.38. The minimum atomic E-state index is -0.242. The first-order valence-electron chi connectivity index (χ1n) is 7.68. The first kappa shape index (κ1) is 13.5. The molecule has 1 amide bonds. The maximum atomic E-state index is 12.9. The zero-order valence-corrected chi connectivity index (χ0v) is 12.4. The standard InChI is InChI=1S/C17H24N2O/c1-12-7-10-19(11-13(12)2)16(20)17(8-9-17)14-3-5-15(18)6-4-14/h3-6,12-13H,7-11,18H2,1-2H3. The fourth-order valence-electron chi connectivity index (χ4n) is 3.30. The maximum absolute atomic E-state index is 12.9. The first-order valence-corrected chi connectivity index (χ1v) is 7.68. The van der Waals surface area contributed by atoms with Gasteiger partial charge in [-0.1, -0.05) is 26.0 Å². The molecule has 0 radical (unpaired) electrons. The van der Waals surface area contributed by atoms with Crippen LogP contribution in [0.2, 0.25) is 0 Å². The summed E-state index contributed by atoms with van der Waals surface area (Å²) in [7, 11) is 0. The number of likely N-dealkylation sites (tertiary alicyclic amines) is 1. The number of nitrogen functional groups attached to an aromatic ring is 1. The average molecular weight is 272 g/mol. The van der Waals surface area contributed by atoms with Gasteiger partial charge in [-0.05, 0) is 48.8 Å². The summed E-state index contributed by atoms with van der Waals surface area (Å²) < 4.78 is 0. The van der Waals surface area contributed by atoms with E-state index in [1.54, 1.807) is 0 Å². The Bertz CT molecular complexity index is 504.